The van der Waals surface area contributed by atoms with Crippen LogP contribution < -0.4 is 4.90 Å². The predicted octanol–water partition coefficient (Wildman–Crippen LogP) is 5.54. The second-order valence-corrected chi connectivity index (χ2v) is 8.28. The monoisotopic (exact) mass is 452 g/mol. The van der Waals surface area contributed by atoms with Crippen LogP contribution in [-0.2, 0) is 12.7 Å². The van der Waals surface area contributed by atoms with E-state index < -0.39 is 11.7 Å². The number of piperazine rings is 1. The number of fused-ring (bicyclic) bond motifs is 1. The van der Waals surface area contributed by atoms with Gasteiger partial charge in [0.15, 0.2) is 0 Å². The number of hydrogen-bond acceptors (Lipinski definition) is 5. The van der Waals surface area contributed by atoms with E-state index in [9.17, 15) is 13.2 Å². The summed E-state index contributed by atoms with van der Waals surface area (Å²) in [4.78, 5) is 13.8. The Labute approximate surface area is 189 Å². The molecule has 3 heterocycles. The molecule has 0 bridgehead atoms. The summed E-state index contributed by atoms with van der Waals surface area (Å²) < 4.78 is 43.8. The van der Waals surface area contributed by atoms with Gasteiger partial charge in [0.1, 0.15) is 6.26 Å². The first-order chi connectivity index (χ1) is 15.9. The lowest BCUT2D eigenvalue weighted by molar-refractivity contribution is -0.137. The van der Waals surface area contributed by atoms with Crippen LogP contribution in [0.5, 0.6) is 0 Å². The fourth-order valence-corrected chi connectivity index (χ4v) is 4.24. The second kappa shape index (κ2) is 8.51. The SMILES string of the molecule is Cc1cc(N2CCN(Cc3coc(-c4ccc(C(F)(F)F)cc4)n3)CC2)c2ccccc2n1. The van der Waals surface area contributed by atoms with Gasteiger partial charge < -0.3 is 9.32 Å². The number of anilines is 1. The Balaban J connectivity index is 1.23. The molecule has 8 heteroatoms. The Kier molecular flexibility index (Phi) is 5.54. The third-order valence-electron chi connectivity index (χ3n) is 5.93. The molecule has 33 heavy (non-hydrogen) atoms. The minimum absolute atomic E-state index is 0.330. The molecule has 0 spiro atoms. The molecule has 170 valence electrons. The Morgan fingerprint density at radius 2 is 1.67 bits per heavy atom. The maximum Gasteiger partial charge on any atom is 0.416 e. The van der Waals surface area contributed by atoms with Crippen molar-refractivity contribution in [2.24, 2.45) is 0 Å². The van der Waals surface area contributed by atoms with Crippen LogP contribution in [-0.4, -0.2) is 41.0 Å². The summed E-state index contributed by atoms with van der Waals surface area (Å²) >= 11 is 0. The molecule has 4 aromatic rings. The van der Waals surface area contributed by atoms with Crippen molar-refractivity contribution in [3.63, 3.8) is 0 Å². The van der Waals surface area contributed by atoms with E-state index in [0.717, 1.165) is 60.6 Å². The van der Waals surface area contributed by atoms with Gasteiger partial charge in [0.05, 0.1) is 16.8 Å². The van der Waals surface area contributed by atoms with Crippen molar-refractivity contribution >= 4 is 16.6 Å². The van der Waals surface area contributed by atoms with Crippen LogP contribution in [0.4, 0.5) is 18.9 Å². The highest BCUT2D eigenvalue weighted by atomic mass is 19.4. The average Bonchev–Trinajstić information content (AvgIpc) is 3.27. The molecule has 5 rings (SSSR count). The van der Waals surface area contributed by atoms with Crippen molar-refractivity contribution in [2.75, 3.05) is 31.1 Å². The van der Waals surface area contributed by atoms with E-state index in [0.29, 0.717) is 18.0 Å². The molecule has 0 saturated carbocycles. The standard InChI is InChI=1S/C25H23F3N4O/c1-17-14-23(21-4-2-3-5-22(21)29-17)32-12-10-31(11-13-32)15-20-16-33-24(30-20)18-6-8-19(9-7-18)25(26,27)28/h2-9,14,16H,10-13,15H2,1H3. The molecule has 5 nitrogen and oxygen atoms in total. The van der Waals surface area contributed by atoms with Crippen LogP contribution in [0.2, 0.25) is 0 Å². The topological polar surface area (TPSA) is 45.4 Å². The molecular formula is C25H23F3N4O. The molecule has 1 saturated heterocycles. The van der Waals surface area contributed by atoms with Crippen molar-refractivity contribution in [1.29, 1.82) is 0 Å². The smallest absolute Gasteiger partial charge is 0.416 e. The van der Waals surface area contributed by atoms with Gasteiger partial charge in [-0.15, -0.1) is 0 Å². The average molecular weight is 452 g/mol. The van der Waals surface area contributed by atoms with Gasteiger partial charge in [-0.2, -0.15) is 13.2 Å². The number of oxazole rings is 1. The summed E-state index contributed by atoms with van der Waals surface area (Å²) in [5, 5.41) is 1.16. The molecule has 2 aromatic heterocycles. The lowest BCUT2D eigenvalue weighted by Gasteiger charge is -2.36. The maximum absolute atomic E-state index is 12.8. The molecule has 1 fully saturated rings. The molecule has 1 aliphatic heterocycles. The van der Waals surface area contributed by atoms with Gasteiger partial charge in [0.25, 0.3) is 0 Å². The van der Waals surface area contributed by atoms with Crippen LogP contribution in [0.15, 0.2) is 65.3 Å². The predicted molar refractivity (Wildman–Crippen MR) is 121 cm³/mol. The van der Waals surface area contributed by atoms with E-state index in [1.807, 2.05) is 25.1 Å². The van der Waals surface area contributed by atoms with E-state index in [1.165, 1.54) is 17.8 Å². The minimum atomic E-state index is -4.36. The van der Waals surface area contributed by atoms with Crippen molar-refractivity contribution < 1.29 is 17.6 Å². The van der Waals surface area contributed by atoms with Gasteiger partial charge in [-0.3, -0.25) is 9.88 Å². The van der Waals surface area contributed by atoms with Gasteiger partial charge in [0, 0.05) is 55.1 Å². The van der Waals surface area contributed by atoms with Gasteiger partial charge in [-0.05, 0) is 43.3 Å². The van der Waals surface area contributed by atoms with Crippen LogP contribution in [0.1, 0.15) is 17.0 Å². The van der Waals surface area contributed by atoms with Crippen molar-refractivity contribution in [1.82, 2.24) is 14.9 Å². The van der Waals surface area contributed by atoms with E-state index in [2.05, 4.69) is 31.9 Å². The first-order valence-electron chi connectivity index (χ1n) is 10.8. The van der Waals surface area contributed by atoms with Gasteiger partial charge in [-0.25, -0.2) is 4.98 Å². The number of benzene rings is 2. The van der Waals surface area contributed by atoms with Crippen LogP contribution in [0.3, 0.4) is 0 Å². The summed E-state index contributed by atoms with van der Waals surface area (Å²) in [5.41, 5.74) is 3.83. The van der Waals surface area contributed by atoms with Crippen molar-refractivity contribution in [3.05, 3.63) is 77.8 Å². The number of rotatable bonds is 4. The summed E-state index contributed by atoms with van der Waals surface area (Å²) in [5.74, 6) is 0.330. The third-order valence-corrected chi connectivity index (χ3v) is 5.93. The molecule has 0 N–H and O–H groups in total. The second-order valence-electron chi connectivity index (χ2n) is 8.28. The number of alkyl halides is 3. The number of hydrogen-bond donors (Lipinski definition) is 0. The lowest BCUT2D eigenvalue weighted by Crippen LogP contribution is -2.46. The summed E-state index contributed by atoms with van der Waals surface area (Å²) in [6.45, 7) is 6.17. The highest BCUT2D eigenvalue weighted by molar-refractivity contribution is 5.92. The fraction of sp³-hybridized carbons (Fsp3) is 0.280. The van der Waals surface area contributed by atoms with Crippen molar-refractivity contribution in [2.45, 2.75) is 19.6 Å². The van der Waals surface area contributed by atoms with Crippen LogP contribution in [0.25, 0.3) is 22.4 Å². The highest BCUT2D eigenvalue weighted by Crippen LogP contribution is 2.31. The fourth-order valence-electron chi connectivity index (χ4n) is 4.24. The molecular weight excluding hydrogens is 429 g/mol. The van der Waals surface area contributed by atoms with E-state index in [-0.39, 0.29) is 0 Å². The Bertz CT molecular complexity index is 1260. The Hall–Kier alpha value is -3.39. The molecule has 0 amide bonds. The zero-order valence-electron chi connectivity index (χ0n) is 18.1. The number of pyridine rings is 1. The minimum Gasteiger partial charge on any atom is -0.444 e. The number of aromatic nitrogens is 2. The Morgan fingerprint density at radius 1 is 0.939 bits per heavy atom. The number of nitrogens with zero attached hydrogens (tertiary/aromatic N) is 4. The van der Waals surface area contributed by atoms with Gasteiger partial charge in [0.2, 0.25) is 5.89 Å². The molecule has 1 aliphatic rings. The number of aryl methyl sites for hydroxylation is 1. The normalized spacial score (nSPS) is 15.3. The van der Waals surface area contributed by atoms with Crippen LogP contribution in [0, 0.1) is 6.92 Å². The lowest BCUT2D eigenvalue weighted by atomic mass is 10.1. The first-order valence-corrected chi connectivity index (χ1v) is 10.8. The number of halogens is 3. The first kappa shape index (κ1) is 21.5. The maximum atomic E-state index is 12.8. The molecule has 0 radical (unpaired) electrons. The van der Waals surface area contributed by atoms with Gasteiger partial charge in [-0.1, -0.05) is 18.2 Å². The molecule has 0 unspecified atom stereocenters. The summed E-state index contributed by atoms with van der Waals surface area (Å²) in [6, 6.07) is 15.2. The van der Waals surface area contributed by atoms with Gasteiger partial charge >= 0.3 is 6.18 Å². The van der Waals surface area contributed by atoms with E-state index in [4.69, 9.17) is 4.42 Å². The summed E-state index contributed by atoms with van der Waals surface area (Å²) in [7, 11) is 0. The summed E-state index contributed by atoms with van der Waals surface area (Å²) in [6.07, 6.45) is -2.78. The van der Waals surface area contributed by atoms with Crippen LogP contribution >= 0.6 is 0 Å². The zero-order valence-corrected chi connectivity index (χ0v) is 18.1. The number of para-hydroxylation sites is 1. The van der Waals surface area contributed by atoms with Crippen molar-refractivity contribution in [3.8, 4) is 11.5 Å². The molecule has 2 aromatic carbocycles. The molecule has 0 atom stereocenters. The third kappa shape index (κ3) is 4.57. The van der Waals surface area contributed by atoms with E-state index in [1.54, 1.807) is 6.26 Å². The highest BCUT2D eigenvalue weighted by Gasteiger charge is 2.30. The quantitative estimate of drug-likeness (QED) is 0.407. The largest absolute Gasteiger partial charge is 0.444 e. The van der Waals surface area contributed by atoms with E-state index >= 15 is 0 Å². The Morgan fingerprint density at radius 3 is 2.39 bits per heavy atom. The molecule has 0 aliphatic carbocycles. The zero-order chi connectivity index (χ0) is 23.0.